The van der Waals surface area contributed by atoms with Crippen molar-refractivity contribution in [1.82, 2.24) is 10.2 Å². The van der Waals surface area contributed by atoms with E-state index in [0.717, 1.165) is 30.0 Å². The Morgan fingerprint density at radius 3 is 2.54 bits per heavy atom. The topological polar surface area (TPSA) is 60.0 Å². The Labute approximate surface area is 166 Å². The van der Waals surface area contributed by atoms with Gasteiger partial charge in [0.1, 0.15) is 17.2 Å². The van der Waals surface area contributed by atoms with Crippen LogP contribution in [0.4, 0.5) is 0 Å². The van der Waals surface area contributed by atoms with Crippen LogP contribution < -0.4 is 19.5 Å². The first kappa shape index (κ1) is 20.0. The van der Waals surface area contributed by atoms with Gasteiger partial charge in [-0.25, -0.2) is 0 Å². The van der Waals surface area contributed by atoms with Gasteiger partial charge in [-0.15, -0.1) is 0 Å². The van der Waals surface area contributed by atoms with Gasteiger partial charge in [0, 0.05) is 25.2 Å². The Balaban J connectivity index is 1.63. The zero-order valence-electron chi connectivity index (χ0n) is 16.5. The van der Waals surface area contributed by atoms with E-state index >= 15 is 0 Å². The first-order valence-electron chi connectivity index (χ1n) is 9.71. The number of ether oxygens (including phenoxy) is 3. The van der Waals surface area contributed by atoms with Crippen LogP contribution in [0.25, 0.3) is 0 Å². The molecular weight excluding hydrogens is 356 g/mol. The van der Waals surface area contributed by atoms with Crippen LogP contribution in [0.2, 0.25) is 0 Å². The summed E-state index contributed by atoms with van der Waals surface area (Å²) in [7, 11) is 1.65. The number of methoxy groups -OCH3 is 1. The fourth-order valence-electron chi connectivity index (χ4n) is 3.30. The molecule has 1 heterocycles. The molecule has 6 heteroatoms. The summed E-state index contributed by atoms with van der Waals surface area (Å²) < 4.78 is 16.8. The molecule has 0 saturated carbocycles. The van der Waals surface area contributed by atoms with E-state index in [1.54, 1.807) is 7.11 Å². The molecule has 150 valence electrons. The van der Waals surface area contributed by atoms with Crippen molar-refractivity contribution >= 4 is 5.91 Å². The maximum atomic E-state index is 12.9. The summed E-state index contributed by atoms with van der Waals surface area (Å²) in [5.74, 6) is 2.21. The van der Waals surface area contributed by atoms with E-state index in [4.69, 9.17) is 14.2 Å². The highest BCUT2D eigenvalue weighted by Crippen LogP contribution is 2.30. The van der Waals surface area contributed by atoms with Gasteiger partial charge in [-0.05, 0) is 36.8 Å². The summed E-state index contributed by atoms with van der Waals surface area (Å²) in [6.45, 7) is 4.84. The summed E-state index contributed by atoms with van der Waals surface area (Å²) in [6.07, 6.45) is 0.963. The van der Waals surface area contributed by atoms with Crippen molar-refractivity contribution in [1.29, 1.82) is 0 Å². The number of hydrogen-bond donors (Lipinski definition) is 1. The molecule has 1 saturated heterocycles. The van der Waals surface area contributed by atoms with Crippen LogP contribution in [0, 0.1) is 0 Å². The van der Waals surface area contributed by atoms with E-state index in [9.17, 15) is 4.79 Å². The second-order valence-electron chi connectivity index (χ2n) is 6.66. The van der Waals surface area contributed by atoms with E-state index in [2.05, 4.69) is 12.2 Å². The third kappa shape index (κ3) is 4.95. The van der Waals surface area contributed by atoms with Crippen LogP contribution in [0.5, 0.6) is 17.2 Å². The summed E-state index contributed by atoms with van der Waals surface area (Å²) in [6, 6.07) is 15.1. The molecular formula is C22H28N2O4. The van der Waals surface area contributed by atoms with Crippen molar-refractivity contribution in [3.63, 3.8) is 0 Å². The highest BCUT2D eigenvalue weighted by Gasteiger charge is 2.29. The zero-order chi connectivity index (χ0) is 19.8. The lowest BCUT2D eigenvalue weighted by molar-refractivity contribution is -0.136. The minimum atomic E-state index is -0.0779. The molecule has 3 rings (SSSR count). The van der Waals surface area contributed by atoms with Crippen LogP contribution in [0.1, 0.15) is 24.9 Å². The summed E-state index contributed by atoms with van der Waals surface area (Å²) >= 11 is 0. The molecule has 1 atom stereocenters. The summed E-state index contributed by atoms with van der Waals surface area (Å²) in [5.41, 5.74) is 1.00. The Kier molecular flexibility index (Phi) is 7.14. The van der Waals surface area contributed by atoms with E-state index in [-0.39, 0.29) is 18.6 Å². The molecule has 2 aromatic rings. The number of rotatable bonds is 8. The number of para-hydroxylation sites is 1. The third-order valence-corrected chi connectivity index (χ3v) is 4.72. The molecule has 2 aromatic carbocycles. The van der Waals surface area contributed by atoms with Gasteiger partial charge in [0.2, 0.25) is 0 Å². The quantitative estimate of drug-likeness (QED) is 0.758. The lowest BCUT2D eigenvalue weighted by Gasteiger charge is -2.37. The van der Waals surface area contributed by atoms with Crippen LogP contribution in [0.15, 0.2) is 48.5 Å². The Morgan fingerprint density at radius 2 is 1.82 bits per heavy atom. The highest BCUT2D eigenvalue weighted by molar-refractivity contribution is 5.78. The SMILES string of the molecule is CCCOc1ccc(OCC(=O)N2CCNCC2c2ccccc2OC)cc1. The van der Waals surface area contributed by atoms with Gasteiger partial charge in [-0.1, -0.05) is 25.1 Å². The minimum absolute atomic E-state index is 0.000806. The van der Waals surface area contributed by atoms with Gasteiger partial charge in [0.15, 0.2) is 6.61 Å². The van der Waals surface area contributed by atoms with Crippen molar-refractivity contribution in [2.45, 2.75) is 19.4 Å². The predicted octanol–water partition coefficient (Wildman–Crippen LogP) is 3.04. The van der Waals surface area contributed by atoms with Gasteiger partial charge in [0.05, 0.1) is 19.8 Å². The molecule has 0 spiro atoms. The molecule has 1 unspecified atom stereocenters. The molecule has 28 heavy (non-hydrogen) atoms. The number of hydrogen-bond acceptors (Lipinski definition) is 5. The standard InChI is InChI=1S/C22H28N2O4/c1-3-14-27-17-8-10-18(11-9-17)28-16-22(25)24-13-12-23-15-20(24)19-6-4-5-7-21(19)26-2/h4-11,20,23H,3,12-16H2,1-2H3. The highest BCUT2D eigenvalue weighted by atomic mass is 16.5. The van der Waals surface area contributed by atoms with E-state index < -0.39 is 0 Å². The van der Waals surface area contributed by atoms with Crippen LogP contribution in [-0.4, -0.2) is 50.8 Å². The monoisotopic (exact) mass is 384 g/mol. The fraction of sp³-hybridized carbons (Fsp3) is 0.409. The van der Waals surface area contributed by atoms with Gasteiger partial charge < -0.3 is 24.4 Å². The first-order chi connectivity index (χ1) is 13.7. The smallest absolute Gasteiger partial charge is 0.261 e. The average Bonchev–Trinajstić information content (AvgIpc) is 2.76. The third-order valence-electron chi connectivity index (χ3n) is 4.72. The van der Waals surface area contributed by atoms with Gasteiger partial charge in [-0.3, -0.25) is 4.79 Å². The minimum Gasteiger partial charge on any atom is -0.496 e. The maximum Gasteiger partial charge on any atom is 0.261 e. The van der Waals surface area contributed by atoms with Gasteiger partial charge in [0.25, 0.3) is 5.91 Å². The summed E-state index contributed by atoms with van der Waals surface area (Å²) in [4.78, 5) is 14.7. The molecule has 0 bridgehead atoms. The number of amides is 1. The van der Waals surface area contributed by atoms with Crippen molar-refractivity contribution < 1.29 is 19.0 Å². The van der Waals surface area contributed by atoms with Gasteiger partial charge in [-0.2, -0.15) is 0 Å². The molecule has 0 aliphatic carbocycles. The fourth-order valence-corrected chi connectivity index (χ4v) is 3.30. The molecule has 1 aliphatic rings. The Hall–Kier alpha value is -2.73. The van der Waals surface area contributed by atoms with Crippen LogP contribution >= 0.6 is 0 Å². The summed E-state index contributed by atoms with van der Waals surface area (Å²) in [5, 5.41) is 3.36. The Bertz CT molecular complexity index is 763. The molecule has 1 N–H and O–H groups in total. The normalized spacial score (nSPS) is 16.5. The van der Waals surface area contributed by atoms with E-state index in [0.29, 0.717) is 25.4 Å². The maximum absolute atomic E-state index is 12.9. The molecule has 1 aliphatic heterocycles. The van der Waals surface area contributed by atoms with Gasteiger partial charge >= 0.3 is 0 Å². The van der Waals surface area contributed by atoms with Crippen molar-refractivity contribution in [3.05, 3.63) is 54.1 Å². The van der Waals surface area contributed by atoms with Crippen LogP contribution in [0.3, 0.4) is 0 Å². The molecule has 0 aromatic heterocycles. The molecule has 6 nitrogen and oxygen atoms in total. The van der Waals surface area contributed by atoms with Crippen molar-refractivity contribution in [3.8, 4) is 17.2 Å². The number of carbonyl (C=O) groups excluding carboxylic acids is 1. The lowest BCUT2D eigenvalue weighted by Crippen LogP contribution is -2.50. The average molecular weight is 384 g/mol. The molecule has 1 fully saturated rings. The van der Waals surface area contributed by atoms with E-state index in [1.165, 1.54) is 0 Å². The second-order valence-corrected chi connectivity index (χ2v) is 6.66. The molecule has 0 radical (unpaired) electrons. The van der Waals surface area contributed by atoms with Crippen molar-refractivity contribution in [2.75, 3.05) is 40.0 Å². The lowest BCUT2D eigenvalue weighted by atomic mass is 10.0. The van der Waals surface area contributed by atoms with Crippen molar-refractivity contribution in [2.24, 2.45) is 0 Å². The second kappa shape index (κ2) is 9.99. The first-order valence-corrected chi connectivity index (χ1v) is 9.71. The largest absolute Gasteiger partial charge is 0.496 e. The number of benzene rings is 2. The number of nitrogens with one attached hydrogen (secondary N) is 1. The number of carbonyl (C=O) groups is 1. The number of piperazine rings is 1. The van der Waals surface area contributed by atoms with Crippen LogP contribution in [-0.2, 0) is 4.79 Å². The number of nitrogens with zero attached hydrogens (tertiary/aromatic N) is 1. The predicted molar refractivity (Wildman–Crippen MR) is 108 cm³/mol. The molecule has 1 amide bonds. The Morgan fingerprint density at radius 1 is 1.11 bits per heavy atom. The zero-order valence-corrected chi connectivity index (χ0v) is 16.5. The van der Waals surface area contributed by atoms with E-state index in [1.807, 2.05) is 53.4 Å².